The van der Waals surface area contributed by atoms with Gasteiger partial charge in [0.05, 0.1) is 40.1 Å². The number of carbonyl (C=O) groups is 2. The van der Waals surface area contributed by atoms with E-state index in [9.17, 15) is 27.6 Å². The number of thiophene rings is 1. The second-order valence-electron chi connectivity index (χ2n) is 13.3. The van der Waals surface area contributed by atoms with Gasteiger partial charge in [0.25, 0.3) is 5.56 Å². The zero-order valence-corrected chi connectivity index (χ0v) is 29.8. The highest BCUT2D eigenvalue weighted by Gasteiger charge is 2.35. The molecule has 1 unspecified atom stereocenters. The van der Waals surface area contributed by atoms with Gasteiger partial charge in [0.2, 0.25) is 11.7 Å². The van der Waals surface area contributed by atoms with Crippen molar-refractivity contribution in [2.75, 3.05) is 36.5 Å². The van der Waals surface area contributed by atoms with Gasteiger partial charge in [-0.15, -0.1) is 16.4 Å². The Balaban J connectivity index is 1.40. The lowest BCUT2D eigenvalue weighted by atomic mass is 10.1. The molecule has 0 radical (unpaired) electrons. The van der Waals surface area contributed by atoms with Crippen LogP contribution in [0.3, 0.4) is 0 Å². The van der Waals surface area contributed by atoms with E-state index in [1.807, 2.05) is 24.8 Å². The summed E-state index contributed by atoms with van der Waals surface area (Å²) in [4.78, 5) is 50.9. The minimum atomic E-state index is -4.60. The van der Waals surface area contributed by atoms with E-state index >= 15 is 0 Å². The molecule has 1 fully saturated rings. The van der Waals surface area contributed by atoms with E-state index < -0.39 is 34.9 Å². The number of piperazine rings is 1. The Hall–Kier alpha value is -4.15. The van der Waals surface area contributed by atoms with Crippen LogP contribution in [0.2, 0.25) is 5.02 Å². The number of halogens is 4. The largest absolute Gasteiger partial charge is 0.444 e. The maximum Gasteiger partial charge on any atom is 0.416 e. The fourth-order valence-corrected chi connectivity index (χ4v) is 7.48. The number of aromatic nitrogens is 4. The number of fused-ring (bicyclic) bond motifs is 2. The molecule has 3 aromatic heterocycles. The first-order chi connectivity index (χ1) is 23.5. The summed E-state index contributed by atoms with van der Waals surface area (Å²) in [6.07, 6.45) is -3.98. The molecule has 1 aromatic carbocycles. The summed E-state index contributed by atoms with van der Waals surface area (Å²) in [5.41, 5.74) is -0.0978. The highest BCUT2D eigenvalue weighted by molar-refractivity contribution is 7.15. The zero-order chi connectivity index (χ0) is 36.1. The molecule has 0 spiro atoms. The smallest absolute Gasteiger partial charge is 0.416 e. The third-order valence-corrected chi connectivity index (χ3v) is 9.92. The van der Waals surface area contributed by atoms with Crippen LogP contribution < -0.4 is 15.8 Å². The Morgan fingerprint density at radius 3 is 2.58 bits per heavy atom. The van der Waals surface area contributed by atoms with E-state index in [1.54, 1.807) is 30.2 Å². The molecule has 5 heterocycles. The standard InChI is InChI=1S/C33H37ClF3N7O5S/c1-6-23-27(42-11-10-41(15-18(42)2)31(47)49-32(3,4)5)29(46)44-30(39-28(40-44)24-13-19-9-12-48-17-25(19)50-24)43(23)16-26(45)38-22-8-7-20(14-21(22)34)33(35,36)37/h7-8,13-14,18H,6,9-12,15-17H2,1-5H3,(H,38,45). The van der Waals surface area contributed by atoms with Gasteiger partial charge >= 0.3 is 12.3 Å². The fraction of sp³-hybridized carbons (Fsp3) is 0.485. The number of nitrogens with zero attached hydrogens (tertiary/aromatic N) is 6. The van der Waals surface area contributed by atoms with Gasteiger partial charge in [-0.25, -0.2) is 4.79 Å². The molecule has 0 bridgehead atoms. The normalized spacial score (nSPS) is 16.9. The lowest BCUT2D eigenvalue weighted by Gasteiger charge is -2.41. The van der Waals surface area contributed by atoms with Crippen LogP contribution in [0.25, 0.3) is 16.5 Å². The van der Waals surface area contributed by atoms with Crippen molar-refractivity contribution in [2.24, 2.45) is 0 Å². The van der Waals surface area contributed by atoms with Crippen LogP contribution in [0, 0.1) is 0 Å². The van der Waals surface area contributed by atoms with Gasteiger partial charge in [-0.05, 0) is 70.4 Å². The first-order valence-corrected chi connectivity index (χ1v) is 17.4. The Bertz CT molecular complexity index is 2000. The highest BCUT2D eigenvalue weighted by atomic mass is 35.5. The van der Waals surface area contributed by atoms with Crippen LogP contribution in [0.1, 0.15) is 56.3 Å². The molecule has 1 N–H and O–H groups in total. The molecule has 17 heteroatoms. The number of carbonyl (C=O) groups excluding carboxylic acids is 2. The molecule has 1 saturated heterocycles. The predicted octanol–water partition coefficient (Wildman–Crippen LogP) is 6.01. The molecule has 2 aliphatic heterocycles. The van der Waals surface area contributed by atoms with Crippen molar-refractivity contribution in [3.8, 4) is 10.7 Å². The van der Waals surface area contributed by atoms with E-state index in [4.69, 9.17) is 26.1 Å². The summed E-state index contributed by atoms with van der Waals surface area (Å²) in [6.45, 7) is 10.7. The number of ether oxygens (including phenoxy) is 2. The van der Waals surface area contributed by atoms with E-state index in [1.165, 1.54) is 15.9 Å². The lowest BCUT2D eigenvalue weighted by molar-refractivity contribution is -0.137. The number of hydrogen-bond donors (Lipinski definition) is 1. The van der Waals surface area contributed by atoms with Crippen molar-refractivity contribution in [3.63, 3.8) is 0 Å². The summed E-state index contributed by atoms with van der Waals surface area (Å²) >= 11 is 7.62. The van der Waals surface area contributed by atoms with Crippen molar-refractivity contribution in [2.45, 2.75) is 78.4 Å². The summed E-state index contributed by atoms with van der Waals surface area (Å²) in [5.74, 6) is -0.167. The van der Waals surface area contributed by atoms with Crippen molar-refractivity contribution in [1.82, 2.24) is 24.1 Å². The van der Waals surface area contributed by atoms with Crippen molar-refractivity contribution < 1.29 is 32.2 Å². The predicted molar refractivity (Wildman–Crippen MR) is 183 cm³/mol. The van der Waals surface area contributed by atoms with Gasteiger partial charge in [-0.3, -0.25) is 9.59 Å². The summed E-state index contributed by atoms with van der Waals surface area (Å²) in [7, 11) is 0. The quantitative estimate of drug-likeness (QED) is 0.256. The average Bonchev–Trinajstić information content (AvgIpc) is 3.67. The van der Waals surface area contributed by atoms with Crippen molar-refractivity contribution in [1.29, 1.82) is 0 Å². The topological polar surface area (TPSA) is 123 Å². The van der Waals surface area contributed by atoms with E-state index in [0.29, 0.717) is 43.4 Å². The number of amides is 2. The molecule has 268 valence electrons. The lowest BCUT2D eigenvalue weighted by Crippen LogP contribution is -2.56. The highest BCUT2D eigenvalue weighted by Crippen LogP contribution is 2.35. The Labute approximate surface area is 294 Å². The molecule has 2 aliphatic rings. The third kappa shape index (κ3) is 7.19. The Morgan fingerprint density at radius 1 is 1.18 bits per heavy atom. The number of alkyl halides is 3. The van der Waals surface area contributed by atoms with Crippen molar-refractivity contribution >= 4 is 52.1 Å². The van der Waals surface area contributed by atoms with E-state index in [-0.39, 0.29) is 42.2 Å². The Morgan fingerprint density at radius 2 is 1.94 bits per heavy atom. The molecule has 2 amide bonds. The summed E-state index contributed by atoms with van der Waals surface area (Å²) in [6, 6.07) is 4.36. The van der Waals surface area contributed by atoms with Crippen LogP contribution in [-0.2, 0) is 46.4 Å². The van der Waals surface area contributed by atoms with Crippen molar-refractivity contribution in [3.05, 3.63) is 61.3 Å². The van der Waals surface area contributed by atoms with Gasteiger partial charge in [0.15, 0.2) is 5.82 Å². The first-order valence-electron chi connectivity index (χ1n) is 16.2. The van der Waals surface area contributed by atoms with Gasteiger partial charge < -0.3 is 29.2 Å². The number of rotatable bonds is 6. The number of hydrogen-bond acceptors (Lipinski definition) is 9. The molecule has 0 saturated carbocycles. The van der Waals surface area contributed by atoms with Crippen LogP contribution in [0.5, 0.6) is 0 Å². The summed E-state index contributed by atoms with van der Waals surface area (Å²) in [5, 5.41) is 6.97. The Kier molecular flexibility index (Phi) is 9.65. The molecule has 4 aromatic rings. The van der Waals surface area contributed by atoms with Crippen LogP contribution in [0.15, 0.2) is 29.1 Å². The fourth-order valence-electron chi connectivity index (χ4n) is 6.17. The van der Waals surface area contributed by atoms with Gasteiger partial charge in [0.1, 0.15) is 17.8 Å². The molecule has 12 nitrogen and oxygen atoms in total. The maximum absolute atomic E-state index is 14.4. The summed E-state index contributed by atoms with van der Waals surface area (Å²) < 4.78 is 53.6. The van der Waals surface area contributed by atoms with Gasteiger partial charge in [0, 0.05) is 30.6 Å². The van der Waals surface area contributed by atoms with E-state index in [2.05, 4.69) is 10.4 Å². The number of benzene rings is 1. The molecule has 50 heavy (non-hydrogen) atoms. The van der Waals surface area contributed by atoms with Crippen LogP contribution >= 0.6 is 22.9 Å². The second-order valence-corrected chi connectivity index (χ2v) is 14.8. The third-order valence-electron chi connectivity index (χ3n) is 8.47. The minimum absolute atomic E-state index is 0.000400. The average molecular weight is 736 g/mol. The van der Waals surface area contributed by atoms with Gasteiger partial charge in [-0.2, -0.15) is 22.7 Å². The zero-order valence-electron chi connectivity index (χ0n) is 28.2. The maximum atomic E-state index is 14.4. The minimum Gasteiger partial charge on any atom is -0.444 e. The van der Waals surface area contributed by atoms with Crippen LogP contribution in [0.4, 0.5) is 29.3 Å². The van der Waals surface area contributed by atoms with Gasteiger partial charge in [-0.1, -0.05) is 18.5 Å². The van der Waals surface area contributed by atoms with E-state index in [0.717, 1.165) is 39.9 Å². The molecule has 1 atom stereocenters. The van der Waals surface area contributed by atoms with Crippen LogP contribution in [-0.4, -0.2) is 73.9 Å². The molecule has 6 rings (SSSR count). The SMILES string of the molecule is CCc1c(N2CCN(C(=O)OC(C)(C)C)CC2C)c(=O)n2nc(-c3cc4c(s3)COCC4)nc2n1CC(=O)Nc1ccc(C(F)(F)F)cc1Cl. The molecular formula is C33H37ClF3N7O5S. The first kappa shape index (κ1) is 35.7. The number of anilines is 2. The monoisotopic (exact) mass is 735 g/mol. The molecule has 0 aliphatic carbocycles. The molecular weight excluding hydrogens is 699 g/mol. The second kappa shape index (κ2) is 13.5. The number of nitrogens with one attached hydrogen (secondary N) is 1.